The predicted molar refractivity (Wildman–Crippen MR) is 102 cm³/mol. The average Bonchev–Trinajstić information content (AvgIpc) is 2.64. The van der Waals surface area contributed by atoms with Crippen LogP contribution in [0.1, 0.15) is 34.4 Å². The van der Waals surface area contributed by atoms with Gasteiger partial charge in [-0.1, -0.05) is 35.3 Å². The summed E-state index contributed by atoms with van der Waals surface area (Å²) in [6.45, 7) is 2.10. The summed E-state index contributed by atoms with van der Waals surface area (Å²) >= 11 is 12.1. The molecule has 2 aromatic rings. The maximum atomic E-state index is 12.6. The number of fused-ring (bicyclic) bond motifs is 4. The summed E-state index contributed by atoms with van der Waals surface area (Å²) in [5.41, 5.74) is 1.37. The lowest BCUT2D eigenvalue weighted by Crippen LogP contribution is -2.50. The minimum absolute atomic E-state index is 0.0147. The summed E-state index contributed by atoms with van der Waals surface area (Å²) in [6.07, 6.45) is 1.02. The van der Waals surface area contributed by atoms with E-state index < -0.39 is 0 Å². The Labute approximate surface area is 161 Å². The van der Waals surface area contributed by atoms with E-state index in [-0.39, 0.29) is 22.5 Å². The van der Waals surface area contributed by atoms with Crippen LogP contribution < -0.4 is 16.2 Å². The topological polar surface area (TPSA) is 63.1 Å². The molecule has 2 aliphatic rings. The number of carbonyl (C=O) groups is 1. The molecule has 1 fully saturated rings. The molecule has 5 nitrogen and oxygen atoms in total. The first-order chi connectivity index (χ1) is 12.6. The second-order valence-corrected chi connectivity index (χ2v) is 7.67. The molecular formula is C19H19Cl2N3O2. The van der Waals surface area contributed by atoms with E-state index in [9.17, 15) is 9.59 Å². The van der Waals surface area contributed by atoms with Crippen molar-refractivity contribution >= 4 is 29.1 Å². The average molecular weight is 392 g/mol. The number of halogens is 2. The van der Waals surface area contributed by atoms with Crippen LogP contribution in [-0.2, 0) is 0 Å². The lowest BCUT2D eigenvalue weighted by Gasteiger charge is -2.43. The molecule has 7 heteroatoms. The van der Waals surface area contributed by atoms with E-state index in [0.29, 0.717) is 29.0 Å². The Bertz CT molecular complexity index is 912. The number of piperidine rings is 1. The molecule has 3 heterocycles. The summed E-state index contributed by atoms with van der Waals surface area (Å²) in [5, 5.41) is 6.97. The molecule has 2 aliphatic heterocycles. The lowest BCUT2D eigenvalue weighted by molar-refractivity contribution is 0.0932. The van der Waals surface area contributed by atoms with Gasteiger partial charge in [0.25, 0.3) is 11.5 Å². The van der Waals surface area contributed by atoms with Crippen LogP contribution in [0, 0.1) is 5.92 Å². The van der Waals surface area contributed by atoms with Gasteiger partial charge in [0.2, 0.25) is 0 Å². The number of benzene rings is 1. The van der Waals surface area contributed by atoms with Crippen molar-refractivity contribution in [3.63, 3.8) is 0 Å². The van der Waals surface area contributed by atoms with E-state index in [4.69, 9.17) is 23.2 Å². The molecule has 1 amide bonds. The maximum Gasteiger partial charge on any atom is 0.252 e. The van der Waals surface area contributed by atoms with Crippen molar-refractivity contribution in [2.24, 2.45) is 5.92 Å². The fraction of sp³-hybridized carbons (Fsp3) is 0.368. The molecule has 0 unspecified atom stereocenters. The number of hydrogen-bond donors (Lipinski definition) is 2. The van der Waals surface area contributed by atoms with Gasteiger partial charge in [0.05, 0.1) is 21.7 Å². The highest BCUT2D eigenvalue weighted by atomic mass is 35.5. The second-order valence-electron chi connectivity index (χ2n) is 6.89. The first kappa shape index (κ1) is 17.6. The normalized spacial score (nSPS) is 24.0. The van der Waals surface area contributed by atoms with E-state index in [2.05, 4.69) is 10.6 Å². The van der Waals surface area contributed by atoms with E-state index in [1.54, 1.807) is 24.3 Å². The van der Waals surface area contributed by atoms with Gasteiger partial charge in [-0.25, -0.2) is 0 Å². The largest absolute Gasteiger partial charge is 0.350 e. The summed E-state index contributed by atoms with van der Waals surface area (Å²) in [4.78, 5) is 25.1. The van der Waals surface area contributed by atoms with Crippen molar-refractivity contribution < 1.29 is 4.79 Å². The smallest absolute Gasteiger partial charge is 0.252 e. The quantitative estimate of drug-likeness (QED) is 0.845. The van der Waals surface area contributed by atoms with Crippen molar-refractivity contribution in [2.45, 2.75) is 18.4 Å². The molecule has 136 valence electrons. The first-order valence-electron chi connectivity index (χ1n) is 8.70. The zero-order valence-electron chi connectivity index (χ0n) is 14.0. The fourth-order valence-electron chi connectivity index (χ4n) is 4.14. The Morgan fingerprint density at radius 1 is 1.19 bits per heavy atom. The molecule has 1 saturated heterocycles. The van der Waals surface area contributed by atoms with Crippen molar-refractivity contribution in [3.8, 4) is 0 Å². The van der Waals surface area contributed by atoms with Gasteiger partial charge in [0, 0.05) is 37.3 Å². The number of amides is 1. The van der Waals surface area contributed by atoms with E-state index in [1.165, 1.54) is 0 Å². The van der Waals surface area contributed by atoms with Gasteiger partial charge in [-0.15, -0.1) is 0 Å². The van der Waals surface area contributed by atoms with Crippen LogP contribution in [0.25, 0.3) is 0 Å². The third-order valence-corrected chi connectivity index (χ3v) is 6.19. The van der Waals surface area contributed by atoms with Crippen molar-refractivity contribution in [1.82, 2.24) is 15.2 Å². The van der Waals surface area contributed by atoms with Crippen LogP contribution in [0.15, 0.2) is 41.2 Å². The minimum atomic E-state index is -0.283. The molecule has 26 heavy (non-hydrogen) atoms. The standard InChI is InChI=1S/C19H19Cl2N3O2/c20-14-4-1-3-13(18(14)21)19(26)23-10-16-12-7-11(8-22-9-12)15-5-2-6-17(25)24(15)16/h1-6,11-12,16,22H,7-10H2,(H,23,26)/t11-,12+,16+/m1/s1. The molecule has 2 N–H and O–H groups in total. The van der Waals surface area contributed by atoms with Crippen molar-refractivity contribution in [2.75, 3.05) is 19.6 Å². The number of aromatic nitrogens is 1. The number of carbonyl (C=O) groups excluding carboxylic acids is 1. The molecule has 0 radical (unpaired) electrons. The fourth-order valence-corrected chi connectivity index (χ4v) is 4.52. The molecule has 0 aliphatic carbocycles. The Balaban J connectivity index is 1.60. The van der Waals surface area contributed by atoms with Crippen LogP contribution >= 0.6 is 23.2 Å². The molecular weight excluding hydrogens is 373 g/mol. The highest BCUT2D eigenvalue weighted by Crippen LogP contribution is 2.38. The van der Waals surface area contributed by atoms with E-state index >= 15 is 0 Å². The Hall–Kier alpha value is -1.82. The van der Waals surface area contributed by atoms with Crippen molar-refractivity contribution in [1.29, 1.82) is 0 Å². The molecule has 3 atom stereocenters. The van der Waals surface area contributed by atoms with Crippen molar-refractivity contribution in [3.05, 3.63) is 68.1 Å². The SMILES string of the molecule is O=C(NC[C@H]1[C@@H]2CNC[C@@H](C2)c2cccc(=O)n21)c1cccc(Cl)c1Cl. The molecule has 0 spiro atoms. The van der Waals surface area contributed by atoms with Gasteiger partial charge in [-0.2, -0.15) is 0 Å². The van der Waals surface area contributed by atoms with E-state index in [0.717, 1.165) is 25.2 Å². The Morgan fingerprint density at radius 3 is 2.85 bits per heavy atom. The van der Waals surface area contributed by atoms with Crippen LogP contribution in [-0.4, -0.2) is 30.1 Å². The maximum absolute atomic E-state index is 12.6. The molecule has 4 rings (SSSR count). The van der Waals surface area contributed by atoms with Gasteiger partial charge in [-0.3, -0.25) is 9.59 Å². The first-order valence-corrected chi connectivity index (χ1v) is 9.46. The van der Waals surface area contributed by atoms with Crippen LogP contribution in [0.2, 0.25) is 10.0 Å². The zero-order chi connectivity index (χ0) is 18.3. The third-order valence-electron chi connectivity index (χ3n) is 5.37. The molecule has 1 aromatic carbocycles. The summed E-state index contributed by atoms with van der Waals surface area (Å²) in [7, 11) is 0. The van der Waals surface area contributed by atoms with Crippen LogP contribution in [0.3, 0.4) is 0 Å². The number of pyridine rings is 1. The summed E-state index contributed by atoms with van der Waals surface area (Å²) in [6, 6.07) is 10.3. The highest BCUT2D eigenvalue weighted by Gasteiger charge is 2.37. The Morgan fingerprint density at radius 2 is 2.00 bits per heavy atom. The molecule has 0 saturated carbocycles. The summed E-state index contributed by atoms with van der Waals surface area (Å²) in [5.74, 6) is 0.363. The van der Waals surface area contributed by atoms with Gasteiger partial charge in [0.1, 0.15) is 0 Å². The monoisotopic (exact) mass is 391 g/mol. The summed E-state index contributed by atoms with van der Waals surface area (Å²) < 4.78 is 1.86. The molecule has 2 bridgehead atoms. The van der Waals surface area contributed by atoms with Gasteiger partial charge in [-0.05, 0) is 30.5 Å². The van der Waals surface area contributed by atoms with Gasteiger partial charge in [0.15, 0.2) is 0 Å². The number of nitrogens with zero attached hydrogens (tertiary/aromatic N) is 1. The zero-order valence-corrected chi connectivity index (χ0v) is 15.6. The lowest BCUT2D eigenvalue weighted by atomic mass is 9.79. The predicted octanol–water partition coefficient (Wildman–Crippen LogP) is 2.83. The number of nitrogens with one attached hydrogen (secondary N) is 2. The second kappa shape index (κ2) is 7.06. The third kappa shape index (κ3) is 3.04. The number of hydrogen-bond acceptors (Lipinski definition) is 3. The van der Waals surface area contributed by atoms with Crippen LogP contribution in [0.4, 0.5) is 0 Å². The van der Waals surface area contributed by atoms with Gasteiger partial charge < -0.3 is 15.2 Å². The van der Waals surface area contributed by atoms with Crippen LogP contribution in [0.5, 0.6) is 0 Å². The van der Waals surface area contributed by atoms with Gasteiger partial charge >= 0.3 is 0 Å². The Kier molecular flexibility index (Phi) is 4.78. The minimum Gasteiger partial charge on any atom is -0.350 e. The number of rotatable bonds is 3. The molecule has 1 aromatic heterocycles. The van der Waals surface area contributed by atoms with E-state index in [1.807, 2.05) is 16.7 Å². The highest BCUT2D eigenvalue weighted by molar-refractivity contribution is 6.43.